The van der Waals surface area contributed by atoms with Crippen LogP contribution in [0.4, 0.5) is 0 Å². The maximum absolute atomic E-state index is 4.41. The van der Waals surface area contributed by atoms with E-state index in [0.717, 1.165) is 0 Å². The van der Waals surface area contributed by atoms with Crippen molar-refractivity contribution in [2.75, 3.05) is 6.26 Å². The molecule has 1 fully saturated rings. The van der Waals surface area contributed by atoms with Gasteiger partial charge in [0.15, 0.2) is 0 Å². The van der Waals surface area contributed by atoms with Crippen LogP contribution in [-0.2, 0) is 0 Å². The van der Waals surface area contributed by atoms with Crippen molar-refractivity contribution >= 4 is 35.7 Å². The molecule has 0 aromatic heterocycles. The fraction of sp³-hybridized carbons (Fsp3) is 0.222. The van der Waals surface area contributed by atoms with Gasteiger partial charge in [-0.15, -0.1) is 30.1 Å². The SMILES string of the molecule is C=C1B(c2ccccc2)C2=CSC(C)(C)C=C2/C1=C/SC. The molecule has 2 aliphatic rings. The van der Waals surface area contributed by atoms with Crippen LogP contribution >= 0.6 is 23.5 Å². The second-order valence-electron chi connectivity index (χ2n) is 5.99. The lowest BCUT2D eigenvalue weighted by Crippen LogP contribution is -2.31. The van der Waals surface area contributed by atoms with Crippen molar-refractivity contribution in [3.63, 3.8) is 0 Å². The van der Waals surface area contributed by atoms with Gasteiger partial charge in [-0.25, -0.2) is 0 Å². The van der Waals surface area contributed by atoms with Crippen LogP contribution in [-0.4, -0.2) is 17.7 Å². The van der Waals surface area contributed by atoms with E-state index in [0.29, 0.717) is 6.71 Å². The van der Waals surface area contributed by atoms with Gasteiger partial charge in [0.2, 0.25) is 6.71 Å². The standard InChI is InChI=1S/C18H19BS2/c1-13-16(11-20-4)15-10-18(2,3)21-12-17(15)19(13)14-8-6-5-7-9-14/h5-12H,1H2,2-4H3/b16-11+. The first-order valence-electron chi connectivity index (χ1n) is 7.12. The summed E-state index contributed by atoms with van der Waals surface area (Å²) in [5, 5.41) is 4.59. The normalized spacial score (nSPS) is 22.1. The zero-order valence-corrected chi connectivity index (χ0v) is 14.4. The van der Waals surface area contributed by atoms with E-state index < -0.39 is 0 Å². The summed E-state index contributed by atoms with van der Waals surface area (Å²) in [6.07, 6.45) is 4.52. The van der Waals surface area contributed by atoms with Crippen molar-refractivity contribution < 1.29 is 0 Å². The number of hydrogen-bond acceptors (Lipinski definition) is 2. The molecule has 3 heteroatoms. The lowest BCUT2D eigenvalue weighted by atomic mass is 9.39. The largest absolute Gasteiger partial charge is 0.242 e. The summed E-state index contributed by atoms with van der Waals surface area (Å²) in [6, 6.07) is 10.7. The first-order chi connectivity index (χ1) is 10.0. The summed E-state index contributed by atoms with van der Waals surface area (Å²) in [7, 11) is 0. The molecule has 0 atom stereocenters. The Kier molecular flexibility index (Phi) is 3.98. The minimum atomic E-state index is 0.155. The van der Waals surface area contributed by atoms with Crippen LogP contribution in [0.15, 0.2) is 75.9 Å². The summed E-state index contributed by atoms with van der Waals surface area (Å²) in [5.41, 5.74) is 6.68. The molecule has 3 rings (SSSR count). The van der Waals surface area contributed by atoms with Crippen molar-refractivity contribution in [3.8, 4) is 0 Å². The molecule has 1 saturated heterocycles. The summed E-state index contributed by atoms with van der Waals surface area (Å²) in [5.74, 6) is 0. The van der Waals surface area contributed by atoms with Crippen molar-refractivity contribution in [1.29, 1.82) is 0 Å². The van der Waals surface area contributed by atoms with Gasteiger partial charge in [0.05, 0.1) is 0 Å². The molecular formula is C18H19BS2. The van der Waals surface area contributed by atoms with Crippen LogP contribution in [0.5, 0.6) is 0 Å². The smallest absolute Gasteiger partial charge is 0.137 e. The molecule has 1 aromatic rings. The number of thioether (sulfide) groups is 2. The molecule has 2 aliphatic heterocycles. The Labute approximate surface area is 136 Å². The van der Waals surface area contributed by atoms with E-state index in [9.17, 15) is 0 Å². The average Bonchev–Trinajstić information content (AvgIpc) is 2.72. The number of rotatable bonds is 2. The molecule has 0 radical (unpaired) electrons. The van der Waals surface area contributed by atoms with E-state index in [1.54, 1.807) is 11.8 Å². The molecule has 0 spiro atoms. The van der Waals surface area contributed by atoms with Gasteiger partial charge in [-0.05, 0) is 42.1 Å². The van der Waals surface area contributed by atoms with Gasteiger partial charge in [-0.3, -0.25) is 0 Å². The van der Waals surface area contributed by atoms with Crippen LogP contribution in [0.25, 0.3) is 0 Å². The first-order valence-corrected chi connectivity index (χ1v) is 9.29. The van der Waals surface area contributed by atoms with E-state index in [-0.39, 0.29) is 4.75 Å². The van der Waals surface area contributed by atoms with Gasteiger partial charge >= 0.3 is 0 Å². The minimum absolute atomic E-state index is 0.155. The van der Waals surface area contributed by atoms with Gasteiger partial charge in [0.1, 0.15) is 0 Å². The third-order valence-electron chi connectivity index (χ3n) is 3.96. The van der Waals surface area contributed by atoms with Crippen LogP contribution in [0.2, 0.25) is 0 Å². The molecule has 0 unspecified atom stereocenters. The van der Waals surface area contributed by atoms with Crippen molar-refractivity contribution in [1.82, 2.24) is 0 Å². The van der Waals surface area contributed by atoms with Gasteiger partial charge in [-0.1, -0.05) is 52.8 Å². The molecule has 106 valence electrons. The molecule has 21 heavy (non-hydrogen) atoms. The quantitative estimate of drug-likeness (QED) is 0.731. The monoisotopic (exact) mass is 310 g/mol. The maximum atomic E-state index is 4.41. The Morgan fingerprint density at radius 2 is 1.95 bits per heavy atom. The van der Waals surface area contributed by atoms with Crippen molar-refractivity contribution in [3.05, 3.63) is 75.9 Å². The molecule has 0 aliphatic carbocycles. The Balaban J connectivity index is 2.14. The molecule has 0 bridgehead atoms. The predicted molar refractivity (Wildman–Crippen MR) is 100 cm³/mol. The second kappa shape index (κ2) is 5.62. The third kappa shape index (κ3) is 2.69. The van der Waals surface area contributed by atoms with Crippen LogP contribution in [0, 0.1) is 0 Å². The Hall–Kier alpha value is -1.06. The van der Waals surface area contributed by atoms with Crippen LogP contribution in [0.3, 0.4) is 0 Å². The molecule has 0 N–H and O–H groups in total. The van der Waals surface area contributed by atoms with Gasteiger partial charge in [0.25, 0.3) is 0 Å². The highest BCUT2D eigenvalue weighted by Crippen LogP contribution is 2.47. The molecular weight excluding hydrogens is 291 g/mol. The molecule has 0 saturated carbocycles. The molecule has 2 heterocycles. The topological polar surface area (TPSA) is 0 Å². The maximum Gasteiger partial charge on any atom is 0.242 e. The molecule has 1 aromatic carbocycles. The van der Waals surface area contributed by atoms with Crippen molar-refractivity contribution in [2.24, 2.45) is 0 Å². The Morgan fingerprint density at radius 1 is 1.24 bits per heavy atom. The first kappa shape index (κ1) is 14.9. The number of benzene rings is 1. The number of allylic oxidation sites excluding steroid dienone is 4. The Bertz CT molecular complexity index is 666. The lowest BCUT2D eigenvalue weighted by molar-refractivity contribution is 0.894. The van der Waals surface area contributed by atoms with Crippen LogP contribution in [0.1, 0.15) is 13.8 Å². The van der Waals surface area contributed by atoms with Gasteiger partial charge in [0, 0.05) is 4.75 Å². The average molecular weight is 310 g/mol. The summed E-state index contributed by atoms with van der Waals surface area (Å²) in [6.45, 7) is 9.26. The number of fused-ring (bicyclic) bond motifs is 1. The highest BCUT2D eigenvalue weighted by atomic mass is 32.2. The van der Waals surface area contributed by atoms with E-state index in [2.05, 4.69) is 73.9 Å². The second-order valence-corrected chi connectivity index (χ2v) is 8.22. The highest BCUT2D eigenvalue weighted by molar-refractivity contribution is 8.03. The fourth-order valence-electron chi connectivity index (χ4n) is 3.00. The van der Waals surface area contributed by atoms with E-state index >= 15 is 0 Å². The van der Waals surface area contributed by atoms with E-state index in [1.165, 1.54) is 27.6 Å². The van der Waals surface area contributed by atoms with Crippen molar-refractivity contribution in [2.45, 2.75) is 18.6 Å². The third-order valence-corrected chi connectivity index (χ3v) is 5.53. The Morgan fingerprint density at radius 3 is 2.62 bits per heavy atom. The minimum Gasteiger partial charge on any atom is -0.137 e. The lowest BCUT2D eigenvalue weighted by Gasteiger charge is -2.25. The summed E-state index contributed by atoms with van der Waals surface area (Å²) >= 11 is 3.66. The fourth-order valence-corrected chi connectivity index (χ4v) is 4.39. The van der Waals surface area contributed by atoms with Gasteiger partial charge in [-0.2, -0.15) is 0 Å². The highest BCUT2D eigenvalue weighted by Gasteiger charge is 2.40. The van der Waals surface area contributed by atoms with E-state index in [4.69, 9.17) is 0 Å². The molecule has 0 amide bonds. The summed E-state index contributed by atoms with van der Waals surface area (Å²) < 4.78 is 0.155. The van der Waals surface area contributed by atoms with E-state index in [1.807, 2.05) is 11.8 Å². The number of hydrogen-bond donors (Lipinski definition) is 0. The van der Waals surface area contributed by atoms with Crippen LogP contribution < -0.4 is 5.46 Å². The van der Waals surface area contributed by atoms with Gasteiger partial charge < -0.3 is 0 Å². The zero-order valence-electron chi connectivity index (χ0n) is 12.7. The summed E-state index contributed by atoms with van der Waals surface area (Å²) in [4.78, 5) is 0. The predicted octanol–water partition coefficient (Wildman–Crippen LogP) is 4.62. The zero-order chi connectivity index (χ0) is 15.0. The molecule has 0 nitrogen and oxygen atoms in total.